The van der Waals surface area contributed by atoms with Gasteiger partial charge < -0.3 is 33.9 Å². The maximum atomic E-state index is 10.1. The third-order valence-corrected chi connectivity index (χ3v) is 5.50. The average Bonchev–Trinajstić information content (AvgIpc) is 3.36. The summed E-state index contributed by atoms with van der Waals surface area (Å²) in [5.74, 6) is 2.04. The monoisotopic (exact) mass is 388 g/mol. The second kappa shape index (κ2) is 7.87. The molecule has 1 fully saturated rings. The van der Waals surface area contributed by atoms with Crippen molar-refractivity contribution in [1.29, 1.82) is 0 Å². The normalized spacial score (nSPS) is 25.7. The minimum atomic E-state index is -0.391. The van der Waals surface area contributed by atoms with E-state index in [-0.39, 0.29) is 37.9 Å². The van der Waals surface area contributed by atoms with Crippen molar-refractivity contribution < 1.29 is 33.9 Å². The van der Waals surface area contributed by atoms with Crippen LogP contribution in [0.2, 0.25) is 0 Å². The van der Waals surface area contributed by atoms with Crippen molar-refractivity contribution in [1.82, 2.24) is 0 Å². The largest absolute Gasteiger partial charge is 0.493 e. The average molecular weight is 388 g/mol. The Kier molecular flexibility index (Phi) is 5.30. The first-order chi connectivity index (χ1) is 13.7. The number of benzene rings is 2. The minimum Gasteiger partial charge on any atom is -0.493 e. The van der Waals surface area contributed by atoms with Gasteiger partial charge in [0.05, 0.1) is 26.4 Å². The quantitative estimate of drug-likeness (QED) is 0.786. The zero-order chi connectivity index (χ0) is 19.7. The van der Waals surface area contributed by atoms with Crippen LogP contribution in [0.4, 0.5) is 0 Å². The fourth-order valence-corrected chi connectivity index (χ4v) is 4.04. The molecule has 0 unspecified atom stereocenters. The molecule has 0 spiro atoms. The number of hydrogen-bond donors (Lipinski definition) is 2. The molecule has 1 saturated heterocycles. The van der Waals surface area contributed by atoms with Crippen LogP contribution in [-0.2, 0) is 4.74 Å². The number of aliphatic hydroxyl groups excluding tert-OH is 2. The second-order valence-electron chi connectivity index (χ2n) is 6.90. The Hall–Kier alpha value is -2.48. The molecule has 0 aliphatic carbocycles. The molecule has 2 aliphatic rings. The Bertz CT molecular complexity index is 837. The molecule has 0 amide bonds. The molecule has 0 bridgehead atoms. The molecule has 2 heterocycles. The highest BCUT2D eigenvalue weighted by Crippen LogP contribution is 2.51. The summed E-state index contributed by atoms with van der Waals surface area (Å²) < 4.78 is 27.9. The van der Waals surface area contributed by atoms with Crippen LogP contribution in [0.25, 0.3) is 0 Å². The van der Waals surface area contributed by atoms with Crippen LogP contribution in [0.15, 0.2) is 36.4 Å². The van der Waals surface area contributed by atoms with Crippen molar-refractivity contribution >= 4 is 0 Å². The molecule has 28 heavy (non-hydrogen) atoms. The van der Waals surface area contributed by atoms with Gasteiger partial charge in [0.15, 0.2) is 23.0 Å². The molecule has 4 atom stereocenters. The molecular formula is C21H24O7. The van der Waals surface area contributed by atoms with Gasteiger partial charge in [0, 0.05) is 25.0 Å². The summed E-state index contributed by atoms with van der Waals surface area (Å²) in [6, 6.07) is 11.2. The molecule has 2 N–H and O–H groups in total. The number of methoxy groups -OCH3 is 2. The lowest BCUT2D eigenvalue weighted by Gasteiger charge is -2.21. The molecule has 150 valence electrons. The summed E-state index contributed by atoms with van der Waals surface area (Å²) in [6.07, 6.45) is -0.771. The van der Waals surface area contributed by atoms with Gasteiger partial charge in [0.1, 0.15) is 0 Å². The lowest BCUT2D eigenvalue weighted by molar-refractivity contribution is 0.0183. The van der Waals surface area contributed by atoms with Gasteiger partial charge in [0.25, 0.3) is 0 Å². The number of ether oxygens (including phenoxy) is 5. The van der Waals surface area contributed by atoms with E-state index in [0.29, 0.717) is 23.0 Å². The molecule has 0 aromatic heterocycles. The maximum absolute atomic E-state index is 10.1. The molecule has 2 aliphatic heterocycles. The summed E-state index contributed by atoms with van der Waals surface area (Å²) in [6.45, 7) is -0.0132. The first-order valence-electron chi connectivity index (χ1n) is 9.18. The molecule has 0 saturated carbocycles. The third kappa shape index (κ3) is 3.15. The van der Waals surface area contributed by atoms with Crippen molar-refractivity contribution in [2.45, 2.75) is 12.2 Å². The van der Waals surface area contributed by atoms with E-state index in [9.17, 15) is 10.2 Å². The van der Waals surface area contributed by atoms with E-state index >= 15 is 0 Å². The topological polar surface area (TPSA) is 86.6 Å². The summed E-state index contributed by atoms with van der Waals surface area (Å²) >= 11 is 0. The molecule has 2 aromatic carbocycles. The van der Waals surface area contributed by atoms with E-state index in [0.717, 1.165) is 11.1 Å². The van der Waals surface area contributed by atoms with Crippen LogP contribution in [0.5, 0.6) is 23.0 Å². The number of hydrogen-bond acceptors (Lipinski definition) is 7. The van der Waals surface area contributed by atoms with Crippen LogP contribution in [0.3, 0.4) is 0 Å². The predicted octanol–water partition coefficient (Wildman–Crippen LogP) is 2.46. The number of aliphatic hydroxyl groups is 2. The minimum absolute atomic E-state index is 0.103. The Morgan fingerprint density at radius 2 is 1.43 bits per heavy atom. The standard InChI is InChI=1S/C21H24O7/c1-24-16-5-3-12(7-18(16)25-2)20-14(9-22)15(10-23)21(28-20)13-4-6-17-19(8-13)27-11-26-17/h3-8,14-15,20-23H,9-11H2,1-2H3/t14-,15-,20+,21-/m0/s1. The van der Waals surface area contributed by atoms with E-state index in [2.05, 4.69) is 0 Å². The Morgan fingerprint density at radius 3 is 2.07 bits per heavy atom. The lowest BCUT2D eigenvalue weighted by Crippen LogP contribution is -2.23. The van der Waals surface area contributed by atoms with E-state index in [1.165, 1.54) is 0 Å². The molecule has 0 radical (unpaired) electrons. The van der Waals surface area contributed by atoms with E-state index in [4.69, 9.17) is 23.7 Å². The van der Waals surface area contributed by atoms with Crippen LogP contribution in [0.1, 0.15) is 23.3 Å². The number of fused-ring (bicyclic) bond motifs is 1. The van der Waals surface area contributed by atoms with Gasteiger partial charge in [-0.15, -0.1) is 0 Å². The highest BCUT2D eigenvalue weighted by Gasteiger charge is 2.45. The van der Waals surface area contributed by atoms with E-state index in [1.807, 2.05) is 36.4 Å². The summed E-state index contributed by atoms with van der Waals surface area (Å²) in [7, 11) is 3.16. The van der Waals surface area contributed by atoms with Crippen molar-refractivity contribution in [3.63, 3.8) is 0 Å². The van der Waals surface area contributed by atoms with E-state index in [1.54, 1.807) is 14.2 Å². The maximum Gasteiger partial charge on any atom is 0.231 e. The molecule has 7 heteroatoms. The van der Waals surface area contributed by atoms with Gasteiger partial charge in [-0.3, -0.25) is 0 Å². The SMILES string of the molecule is COc1ccc([C@H]2O[C@@H](c3ccc4c(c3)OCO4)[C@@H](CO)[C@@H]2CO)cc1OC. The number of rotatable bonds is 6. The van der Waals surface area contributed by atoms with Crippen LogP contribution < -0.4 is 18.9 Å². The molecular weight excluding hydrogens is 364 g/mol. The second-order valence-corrected chi connectivity index (χ2v) is 6.90. The van der Waals surface area contributed by atoms with Crippen LogP contribution >= 0.6 is 0 Å². The van der Waals surface area contributed by atoms with Gasteiger partial charge in [-0.05, 0) is 35.4 Å². The summed E-state index contributed by atoms with van der Waals surface area (Å²) in [5.41, 5.74) is 1.74. The molecule has 7 nitrogen and oxygen atoms in total. The summed E-state index contributed by atoms with van der Waals surface area (Å²) in [4.78, 5) is 0. The Labute approximate surface area is 163 Å². The zero-order valence-corrected chi connectivity index (χ0v) is 15.8. The van der Waals surface area contributed by atoms with Crippen molar-refractivity contribution in [2.24, 2.45) is 11.8 Å². The Morgan fingerprint density at radius 1 is 0.821 bits per heavy atom. The Balaban J connectivity index is 1.68. The fourth-order valence-electron chi connectivity index (χ4n) is 4.04. The highest BCUT2D eigenvalue weighted by molar-refractivity contribution is 5.46. The first-order valence-corrected chi connectivity index (χ1v) is 9.18. The third-order valence-electron chi connectivity index (χ3n) is 5.50. The van der Waals surface area contributed by atoms with Crippen molar-refractivity contribution in [2.75, 3.05) is 34.2 Å². The van der Waals surface area contributed by atoms with Gasteiger partial charge in [-0.25, -0.2) is 0 Å². The van der Waals surface area contributed by atoms with Crippen molar-refractivity contribution in [3.05, 3.63) is 47.5 Å². The summed E-state index contributed by atoms with van der Waals surface area (Å²) in [5, 5.41) is 20.1. The first kappa shape index (κ1) is 18.9. The van der Waals surface area contributed by atoms with Gasteiger partial charge in [0.2, 0.25) is 6.79 Å². The smallest absolute Gasteiger partial charge is 0.231 e. The van der Waals surface area contributed by atoms with E-state index < -0.39 is 6.10 Å². The lowest BCUT2D eigenvalue weighted by atomic mass is 9.83. The zero-order valence-electron chi connectivity index (χ0n) is 15.8. The van der Waals surface area contributed by atoms with Gasteiger partial charge in [-0.1, -0.05) is 12.1 Å². The van der Waals surface area contributed by atoms with Crippen molar-refractivity contribution in [3.8, 4) is 23.0 Å². The highest BCUT2D eigenvalue weighted by atomic mass is 16.7. The molecule has 2 aromatic rings. The fraction of sp³-hybridized carbons (Fsp3) is 0.429. The van der Waals surface area contributed by atoms with Gasteiger partial charge in [-0.2, -0.15) is 0 Å². The molecule has 4 rings (SSSR count). The van der Waals surface area contributed by atoms with Crippen LogP contribution in [-0.4, -0.2) is 44.4 Å². The van der Waals surface area contributed by atoms with Crippen LogP contribution in [0, 0.1) is 11.8 Å². The van der Waals surface area contributed by atoms with Gasteiger partial charge >= 0.3 is 0 Å². The predicted molar refractivity (Wildman–Crippen MR) is 99.8 cm³/mol.